The van der Waals surface area contributed by atoms with Gasteiger partial charge in [-0.1, -0.05) is 39.0 Å². The highest BCUT2D eigenvalue weighted by molar-refractivity contribution is 5.34. The van der Waals surface area contributed by atoms with Gasteiger partial charge in [0.2, 0.25) is 12.2 Å². The van der Waals surface area contributed by atoms with Crippen molar-refractivity contribution in [2.24, 2.45) is 21.8 Å². The number of unbranched alkanes of at least 4 members (excludes halogenated alkanes) is 4. The third-order valence-corrected chi connectivity index (χ3v) is 4.38. The van der Waals surface area contributed by atoms with Crippen LogP contribution in [0.5, 0.6) is 0 Å². The molecule has 4 heteroatoms. The van der Waals surface area contributed by atoms with Crippen LogP contribution in [0, 0.1) is 11.8 Å². The van der Waals surface area contributed by atoms with E-state index in [2.05, 4.69) is 16.9 Å². The fourth-order valence-corrected chi connectivity index (χ4v) is 3.20. The number of aliphatic imine (C=N–C) groups is 2. The van der Waals surface area contributed by atoms with E-state index in [1.165, 1.54) is 32.1 Å². The van der Waals surface area contributed by atoms with E-state index in [0.29, 0.717) is 18.4 Å². The molecule has 112 valence electrons. The highest BCUT2D eigenvalue weighted by Gasteiger charge is 2.29. The van der Waals surface area contributed by atoms with Crippen LogP contribution in [0.25, 0.3) is 0 Å². The Labute approximate surface area is 121 Å². The second-order valence-corrected chi connectivity index (χ2v) is 5.86. The molecule has 0 heterocycles. The van der Waals surface area contributed by atoms with E-state index in [9.17, 15) is 9.59 Å². The van der Waals surface area contributed by atoms with Crippen molar-refractivity contribution >= 4 is 12.2 Å². The van der Waals surface area contributed by atoms with E-state index < -0.39 is 0 Å². The van der Waals surface area contributed by atoms with Gasteiger partial charge in [-0.15, -0.1) is 0 Å². The second-order valence-electron chi connectivity index (χ2n) is 5.86. The smallest absolute Gasteiger partial charge is 0.211 e. The Bertz CT molecular complexity index is 357. The first-order chi connectivity index (χ1) is 9.81. The van der Waals surface area contributed by atoms with Crippen molar-refractivity contribution in [3.05, 3.63) is 0 Å². The molecule has 0 aromatic rings. The van der Waals surface area contributed by atoms with Gasteiger partial charge in [-0.2, -0.15) is 0 Å². The molecule has 3 unspecified atom stereocenters. The Morgan fingerprint density at radius 3 is 2.55 bits per heavy atom. The standard InChI is InChI=1S/C16H26N2O2/c1-2-3-4-5-6-7-15-9-8-14(11-17-12-19)10-16(15)18-13-20/h14-16H,2-11H2,1H3. The lowest BCUT2D eigenvalue weighted by molar-refractivity contribution is 0.227. The van der Waals surface area contributed by atoms with E-state index in [1.807, 2.05) is 0 Å². The molecule has 0 aromatic heterocycles. The van der Waals surface area contributed by atoms with Crippen molar-refractivity contribution in [3.8, 4) is 0 Å². The van der Waals surface area contributed by atoms with Crippen LogP contribution in [0.15, 0.2) is 9.98 Å². The van der Waals surface area contributed by atoms with E-state index in [4.69, 9.17) is 0 Å². The van der Waals surface area contributed by atoms with Crippen LogP contribution in [-0.4, -0.2) is 24.7 Å². The quantitative estimate of drug-likeness (QED) is 0.366. The molecule has 4 nitrogen and oxygen atoms in total. The van der Waals surface area contributed by atoms with E-state index in [-0.39, 0.29) is 6.04 Å². The monoisotopic (exact) mass is 278 g/mol. The lowest BCUT2D eigenvalue weighted by Crippen LogP contribution is -2.29. The van der Waals surface area contributed by atoms with Crippen LogP contribution in [0.4, 0.5) is 0 Å². The summed E-state index contributed by atoms with van der Waals surface area (Å²) in [5.41, 5.74) is 0. The van der Waals surface area contributed by atoms with Crippen molar-refractivity contribution in [1.29, 1.82) is 0 Å². The van der Waals surface area contributed by atoms with Gasteiger partial charge in [-0.25, -0.2) is 19.6 Å². The average Bonchev–Trinajstić information content (AvgIpc) is 2.47. The molecular weight excluding hydrogens is 252 g/mol. The van der Waals surface area contributed by atoms with Crippen LogP contribution in [0.1, 0.15) is 64.7 Å². The van der Waals surface area contributed by atoms with Crippen molar-refractivity contribution in [3.63, 3.8) is 0 Å². The van der Waals surface area contributed by atoms with Crippen LogP contribution >= 0.6 is 0 Å². The molecular formula is C16H26N2O2. The Balaban J connectivity index is 2.37. The second kappa shape index (κ2) is 10.5. The molecule has 1 aliphatic rings. The molecule has 20 heavy (non-hydrogen) atoms. The van der Waals surface area contributed by atoms with Gasteiger partial charge in [0.05, 0.1) is 12.6 Å². The molecule has 1 fully saturated rings. The minimum absolute atomic E-state index is 0.0827. The van der Waals surface area contributed by atoms with Gasteiger partial charge < -0.3 is 0 Å². The summed E-state index contributed by atoms with van der Waals surface area (Å²) >= 11 is 0. The van der Waals surface area contributed by atoms with Gasteiger partial charge in [-0.3, -0.25) is 0 Å². The average molecular weight is 278 g/mol. The van der Waals surface area contributed by atoms with Gasteiger partial charge in [0, 0.05) is 0 Å². The minimum atomic E-state index is 0.0827. The Kier molecular flexibility index (Phi) is 8.86. The van der Waals surface area contributed by atoms with E-state index in [0.717, 1.165) is 25.7 Å². The zero-order valence-corrected chi connectivity index (χ0v) is 12.5. The summed E-state index contributed by atoms with van der Waals surface area (Å²) in [6.07, 6.45) is 13.9. The first kappa shape index (κ1) is 16.8. The number of hydrogen-bond acceptors (Lipinski definition) is 4. The SMILES string of the molecule is CCCCCCCC1CCC(CN=C=O)CC1N=C=O. The van der Waals surface area contributed by atoms with Crippen LogP contribution < -0.4 is 0 Å². The van der Waals surface area contributed by atoms with Crippen LogP contribution in [-0.2, 0) is 9.59 Å². The van der Waals surface area contributed by atoms with Gasteiger partial charge >= 0.3 is 0 Å². The molecule has 1 aliphatic carbocycles. The molecule has 0 amide bonds. The molecule has 0 aromatic carbocycles. The summed E-state index contributed by atoms with van der Waals surface area (Å²) in [6.45, 7) is 2.75. The number of carbonyl (C=O) groups excluding carboxylic acids is 2. The maximum atomic E-state index is 10.6. The lowest BCUT2D eigenvalue weighted by Gasteiger charge is -2.32. The summed E-state index contributed by atoms with van der Waals surface area (Å²) in [6, 6.07) is 0.0827. The van der Waals surface area contributed by atoms with Gasteiger partial charge in [0.25, 0.3) is 0 Å². The van der Waals surface area contributed by atoms with E-state index in [1.54, 1.807) is 12.2 Å². The molecule has 3 atom stereocenters. The highest BCUT2D eigenvalue weighted by atomic mass is 16.1. The Morgan fingerprint density at radius 2 is 1.85 bits per heavy atom. The largest absolute Gasteiger partial charge is 0.235 e. The topological polar surface area (TPSA) is 58.9 Å². The molecule has 0 spiro atoms. The van der Waals surface area contributed by atoms with Crippen molar-refractivity contribution in [2.45, 2.75) is 70.8 Å². The fraction of sp³-hybridized carbons (Fsp3) is 0.875. The Hall–Kier alpha value is -1.24. The first-order valence-electron chi connectivity index (χ1n) is 7.92. The fourth-order valence-electron chi connectivity index (χ4n) is 3.20. The van der Waals surface area contributed by atoms with Crippen LogP contribution in [0.3, 0.4) is 0 Å². The molecule has 0 bridgehead atoms. The number of isocyanates is 2. The first-order valence-corrected chi connectivity index (χ1v) is 7.92. The summed E-state index contributed by atoms with van der Waals surface area (Å²) in [4.78, 5) is 28.4. The third kappa shape index (κ3) is 6.27. The molecule has 0 N–H and O–H groups in total. The van der Waals surface area contributed by atoms with E-state index >= 15 is 0 Å². The molecule has 0 saturated heterocycles. The molecule has 1 rings (SSSR count). The number of hydrogen-bond donors (Lipinski definition) is 0. The lowest BCUT2D eigenvalue weighted by atomic mass is 9.76. The van der Waals surface area contributed by atoms with Gasteiger partial charge in [0.15, 0.2) is 0 Å². The zero-order chi connectivity index (χ0) is 14.6. The maximum Gasteiger partial charge on any atom is 0.235 e. The summed E-state index contributed by atoms with van der Waals surface area (Å²) < 4.78 is 0. The van der Waals surface area contributed by atoms with Crippen molar-refractivity contribution < 1.29 is 9.59 Å². The highest BCUT2D eigenvalue weighted by Crippen LogP contribution is 2.34. The summed E-state index contributed by atoms with van der Waals surface area (Å²) in [7, 11) is 0. The summed E-state index contributed by atoms with van der Waals surface area (Å²) in [5, 5.41) is 0. The predicted molar refractivity (Wildman–Crippen MR) is 79.1 cm³/mol. The van der Waals surface area contributed by atoms with Gasteiger partial charge in [0.1, 0.15) is 0 Å². The molecule has 0 radical (unpaired) electrons. The Morgan fingerprint density at radius 1 is 1.05 bits per heavy atom. The summed E-state index contributed by atoms with van der Waals surface area (Å²) in [5.74, 6) is 0.879. The van der Waals surface area contributed by atoms with Crippen LogP contribution in [0.2, 0.25) is 0 Å². The number of nitrogens with zero attached hydrogens (tertiary/aromatic N) is 2. The molecule has 0 aliphatic heterocycles. The van der Waals surface area contributed by atoms with Crippen molar-refractivity contribution in [2.75, 3.05) is 6.54 Å². The zero-order valence-electron chi connectivity index (χ0n) is 12.5. The minimum Gasteiger partial charge on any atom is -0.211 e. The maximum absolute atomic E-state index is 10.6. The normalized spacial score (nSPS) is 25.6. The van der Waals surface area contributed by atoms with Crippen molar-refractivity contribution in [1.82, 2.24) is 0 Å². The third-order valence-electron chi connectivity index (χ3n) is 4.38. The number of rotatable bonds is 9. The van der Waals surface area contributed by atoms with Gasteiger partial charge in [-0.05, 0) is 37.5 Å². The predicted octanol–water partition coefficient (Wildman–Crippen LogP) is 3.80. The molecule has 1 saturated carbocycles.